The molecule has 0 aliphatic heterocycles. The van der Waals surface area contributed by atoms with Gasteiger partial charge in [-0.05, 0) is 55.8 Å². The van der Waals surface area contributed by atoms with Crippen molar-refractivity contribution in [2.45, 2.75) is 40.0 Å². The first kappa shape index (κ1) is 16.2. The van der Waals surface area contributed by atoms with Crippen LogP contribution >= 0.6 is 0 Å². The first-order chi connectivity index (χ1) is 9.19. The molecule has 0 spiro atoms. The lowest BCUT2D eigenvalue weighted by Gasteiger charge is -2.19. The van der Waals surface area contributed by atoms with E-state index in [1.165, 1.54) is 36.0 Å². The smallest absolute Gasteiger partial charge is 0.0587 e. The minimum atomic E-state index is 0.724. The van der Waals surface area contributed by atoms with Crippen molar-refractivity contribution in [3.05, 3.63) is 34.9 Å². The van der Waals surface area contributed by atoms with Crippen LogP contribution in [0.25, 0.3) is 0 Å². The number of hydrogen-bond donors (Lipinski definition) is 1. The van der Waals surface area contributed by atoms with E-state index in [-0.39, 0.29) is 0 Å². The van der Waals surface area contributed by atoms with Gasteiger partial charge in [-0.2, -0.15) is 0 Å². The monoisotopic (exact) mass is 263 g/mol. The molecule has 0 bridgehead atoms. The molecule has 1 aromatic rings. The Morgan fingerprint density at radius 1 is 1.21 bits per heavy atom. The first-order valence-corrected chi connectivity index (χ1v) is 7.43. The van der Waals surface area contributed by atoms with E-state index >= 15 is 0 Å². The second-order valence-electron chi connectivity index (χ2n) is 5.43. The number of nitrogens with one attached hydrogen (secondary N) is 1. The van der Waals surface area contributed by atoms with Gasteiger partial charge in [-0.25, -0.2) is 0 Å². The molecule has 1 N–H and O–H groups in total. The highest BCUT2D eigenvalue weighted by Crippen LogP contribution is 2.20. The zero-order valence-corrected chi connectivity index (χ0v) is 13.0. The summed E-state index contributed by atoms with van der Waals surface area (Å²) in [5.41, 5.74) is 4.39. The molecule has 1 rings (SSSR count). The number of hydrogen-bond acceptors (Lipinski definition) is 2. The molecule has 108 valence electrons. The van der Waals surface area contributed by atoms with Crippen molar-refractivity contribution < 1.29 is 4.74 Å². The van der Waals surface area contributed by atoms with Crippen molar-refractivity contribution in [3.63, 3.8) is 0 Å². The molecule has 0 heterocycles. The summed E-state index contributed by atoms with van der Waals surface area (Å²) in [7, 11) is 1.75. The van der Waals surface area contributed by atoms with E-state index in [1.807, 2.05) is 0 Å². The quantitative estimate of drug-likeness (QED) is 0.689. The predicted molar refractivity (Wildman–Crippen MR) is 82.8 cm³/mol. The van der Waals surface area contributed by atoms with Crippen LogP contribution < -0.4 is 5.32 Å². The summed E-state index contributed by atoms with van der Waals surface area (Å²) < 4.78 is 5.08. The molecule has 1 atom stereocenters. The van der Waals surface area contributed by atoms with Crippen molar-refractivity contribution in [2.24, 2.45) is 5.92 Å². The van der Waals surface area contributed by atoms with Gasteiger partial charge in [0.15, 0.2) is 0 Å². The van der Waals surface area contributed by atoms with Crippen molar-refractivity contribution in [1.82, 2.24) is 5.32 Å². The molecular weight excluding hydrogens is 234 g/mol. The average Bonchev–Trinajstić information content (AvgIpc) is 2.39. The van der Waals surface area contributed by atoms with Crippen molar-refractivity contribution in [1.29, 1.82) is 0 Å². The Morgan fingerprint density at radius 3 is 2.47 bits per heavy atom. The predicted octanol–water partition coefficient (Wildman–Crippen LogP) is 3.50. The summed E-state index contributed by atoms with van der Waals surface area (Å²) in [6, 6.07) is 6.60. The molecule has 0 aromatic heterocycles. The molecule has 0 aliphatic rings. The van der Waals surface area contributed by atoms with Crippen LogP contribution in [0.3, 0.4) is 0 Å². The highest BCUT2D eigenvalue weighted by atomic mass is 16.5. The van der Waals surface area contributed by atoms with E-state index in [4.69, 9.17) is 4.74 Å². The number of aryl methyl sites for hydroxylation is 2. The Bertz CT molecular complexity index is 342. The van der Waals surface area contributed by atoms with Gasteiger partial charge in [0.1, 0.15) is 0 Å². The number of methoxy groups -OCH3 is 1. The van der Waals surface area contributed by atoms with Gasteiger partial charge in [-0.1, -0.05) is 31.5 Å². The fourth-order valence-corrected chi connectivity index (χ4v) is 2.62. The summed E-state index contributed by atoms with van der Waals surface area (Å²) in [6.07, 6.45) is 3.72. The van der Waals surface area contributed by atoms with E-state index in [0.717, 1.165) is 25.6 Å². The Labute approximate surface area is 118 Å². The molecule has 0 saturated heterocycles. The number of ether oxygens (including phenoxy) is 1. The largest absolute Gasteiger partial charge is 0.383 e. The van der Waals surface area contributed by atoms with Crippen LogP contribution in [-0.4, -0.2) is 26.8 Å². The highest BCUT2D eigenvalue weighted by Gasteiger charge is 2.11. The third-order valence-corrected chi connectivity index (χ3v) is 3.75. The van der Waals surface area contributed by atoms with Gasteiger partial charge in [0.05, 0.1) is 6.61 Å². The van der Waals surface area contributed by atoms with Crippen LogP contribution in [0.5, 0.6) is 0 Å². The van der Waals surface area contributed by atoms with Crippen LogP contribution in [0.1, 0.15) is 36.5 Å². The van der Waals surface area contributed by atoms with Crippen LogP contribution in [0.2, 0.25) is 0 Å². The molecule has 0 radical (unpaired) electrons. The summed E-state index contributed by atoms with van der Waals surface area (Å²) in [4.78, 5) is 0. The maximum absolute atomic E-state index is 5.08. The zero-order valence-electron chi connectivity index (χ0n) is 13.0. The lowest BCUT2D eigenvalue weighted by atomic mass is 9.90. The lowest BCUT2D eigenvalue weighted by Crippen LogP contribution is -2.27. The van der Waals surface area contributed by atoms with Crippen LogP contribution in [0.15, 0.2) is 18.2 Å². The topological polar surface area (TPSA) is 21.3 Å². The normalized spacial score (nSPS) is 12.6. The Hall–Kier alpha value is -0.860. The van der Waals surface area contributed by atoms with Gasteiger partial charge < -0.3 is 10.1 Å². The van der Waals surface area contributed by atoms with E-state index in [1.54, 1.807) is 7.11 Å². The van der Waals surface area contributed by atoms with Gasteiger partial charge in [-0.3, -0.25) is 0 Å². The second kappa shape index (κ2) is 9.11. The third kappa shape index (κ3) is 5.75. The molecule has 2 nitrogen and oxygen atoms in total. The minimum Gasteiger partial charge on any atom is -0.383 e. The zero-order chi connectivity index (χ0) is 14.1. The van der Waals surface area contributed by atoms with Gasteiger partial charge in [0.25, 0.3) is 0 Å². The lowest BCUT2D eigenvalue weighted by molar-refractivity contribution is 0.197. The molecule has 0 fully saturated rings. The summed E-state index contributed by atoms with van der Waals surface area (Å²) in [6.45, 7) is 9.55. The SMILES string of the molecule is CCCC(CNCCOC)Cc1c(C)cccc1C. The summed E-state index contributed by atoms with van der Waals surface area (Å²) in [5, 5.41) is 3.51. The van der Waals surface area contributed by atoms with Crippen LogP contribution in [0, 0.1) is 19.8 Å². The molecule has 1 unspecified atom stereocenters. The van der Waals surface area contributed by atoms with Gasteiger partial charge in [0, 0.05) is 13.7 Å². The Kier molecular flexibility index (Phi) is 7.76. The van der Waals surface area contributed by atoms with Gasteiger partial charge in [-0.15, -0.1) is 0 Å². The molecule has 0 amide bonds. The van der Waals surface area contributed by atoms with Crippen LogP contribution in [0.4, 0.5) is 0 Å². The number of rotatable bonds is 9. The maximum Gasteiger partial charge on any atom is 0.0587 e. The van der Waals surface area contributed by atoms with E-state index < -0.39 is 0 Å². The standard InChI is InChI=1S/C17H29NO/c1-5-7-16(13-18-10-11-19-4)12-17-14(2)8-6-9-15(17)3/h6,8-9,16,18H,5,7,10-13H2,1-4H3. The third-order valence-electron chi connectivity index (χ3n) is 3.75. The minimum absolute atomic E-state index is 0.724. The fourth-order valence-electron chi connectivity index (χ4n) is 2.62. The maximum atomic E-state index is 5.08. The molecular formula is C17H29NO. The summed E-state index contributed by atoms with van der Waals surface area (Å²) in [5.74, 6) is 0.724. The van der Waals surface area contributed by atoms with Crippen LogP contribution in [-0.2, 0) is 11.2 Å². The molecule has 1 aromatic carbocycles. The molecule has 0 aliphatic carbocycles. The van der Waals surface area contributed by atoms with Gasteiger partial charge in [0.2, 0.25) is 0 Å². The van der Waals surface area contributed by atoms with E-state index in [2.05, 4.69) is 44.3 Å². The number of benzene rings is 1. The van der Waals surface area contributed by atoms with E-state index in [9.17, 15) is 0 Å². The van der Waals surface area contributed by atoms with Crippen molar-refractivity contribution in [2.75, 3.05) is 26.8 Å². The van der Waals surface area contributed by atoms with E-state index in [0.29, 0.717) is 0 Å². The highest BCUT2D eigenvalue weighted by molar-refractivity contribution is 5.33. The average molecular weight is 263 g/mol. The first-order valence-electron chi connectivity index (χ1n) is 7.43. The van der Waals surface area contributed by atoms with Crippen molar-refractivity contribution >= 4 is 0 Å². The molecule has 2 heteroatoms. The molecule has 19 heavy (non-hydrogen) atoms. The Balaban J connectivity index is 2.57. The Morgan fingerprint density at radius 2 is 1.89 bits per heavy atom. The fraction of sp³-hybridized carbons (Fsp3) is 0.647. The van der Waals surface area contributed by atoms with Crippen molar-refractivity contribution in [3.8, 4) is 0 Å². The van der Waals surface area contributed by atoms with Gasteiger partial charge >= 0.3 is 0 Å². The summed E-state index contributed by atoms with van der Waals surface area (Å²) >= 11 is 0. The molecule has 0 saturated carbocycles. The second-order valence-corrected chi connectivity index (χ2v) is 5.43.